The normalized spacial score (nSPS) is 13.5. The number of primary amides is 1. The highest BCUT2D eigenvalue weighted by Crippen LogP contribution is 2.27. The molecule has 0 bridgehead atoms. The van der Waals surface area contributed by atoms with E-state index in [-0.39, 0.29) is 0 Å². The summed E-state index contributed by atoms with van der Waals surface area (Å²) in [6.45, 7) is 3.90. The monoisotopic (exact) mass is 346 g/mol. The van der Waals surface area contributed by atoms with Crippen molar-refractivity contribution in [1.82, 2.24) is 0 Å². The Balaban J connectivity index is 2.34. The molecule has 1 amide bonds. The van der Waals surface area contributed by atoms with Crippen LogP contribution in [0.15, 0.2) is 53.0 Å². The smallest absolute Gasteiger partial charge is 0.247 e. The third-order valence-electron chi connectivity index (χ3n) is 3.67. The van der Waals surface area contributed by atoms with Gasteiger partial charge in [-0.25, -0.2) is 0 Å². The van der Waals surface area contributed by atoms with Crippen LogP contribution in [0.2, 0.25) is 0 Å². The topological polar surface area (TPSA) is 55.1 Å². The Morgan fingerprint density at radius 3 is 2.19 bits per heavy atom. The second kappa shape index (κ2) is 6.31. The first-order chi connectivity index (χ1) is 9.95. The van der Waals surface area contributed by atoms with Crippen molar-refractivity contribution in [3.05, 3.63) is 64.1 Å². The zero-order chi connectivity index (χ0) is 15.5. The maximum absolute atomic E-state index is 12.0. The number of carbonyl (C=O) groups is 1. The average Bonchev–Trinajstić information content (AvgIpc) is 2.49. The molecular weight excluding hydrogens is 328 g/mol. The quantitative estimate of drug-likeness (QED) is 0.864. The highest BCUT2D eigenvalue weighted by atomic mass is 79.9. The maximum atomic E-state index is 12.0. The summed E-state index contributed by atoms with van der Waals surface area (Å²) in [5, 5.41) is 3.24. The van der Waals surface area contributed by atoms with E-state index in [1.807, 2.05) is 48.5 Å². The van der Waals surface area contributed by atoms with Crippen molar-refractivity contribution >= 4 is 27.5 Å². The van der Waals surface area contributed by atoms with Gasteiger partial charge in [-0.2, -0.15) is 0 Å². The summed E-state index contributed by atoms with van der Waals surface area (Å²) in [6, 6.07) is 15.6. The summed E-state index contributed by atoms with van der Waals surface area (Å²) in [5.41, 5.74) is 7.63. The molecule has 2 aromatic carbocycles. The molecular formula is C17H19BrN2O. The van der Waals surface area contributed by atoms with Gasteiger partial charge in [-0.05, 0) is 48.7 Å². The molecule has 3 N–H and O–H groups in total. The third-order valence-corrected chi connectivity index (χ3v) is 4.20. The van der Waals surface area contributed by atoms with Crippen LogP contribution in [0.4, 0.5) is 5.69 Å². The van der Waals surface area contributed by atoms with E-state index in [1.54, 1.807) is 6.92 Å². The van der Waals surface area contributed by atoms with Gasteiger partial charge < -0.3 is 11.1 Å². The van der Waals surface area contributed by atoms with Gasteiger partial charge in [-0.3, -0.25) is 4.79 Å². The van der Waals surface area contributed by atoms with Crippen LogP contribution in [0.1, 0.15) is 25.0 Å². The fraction of sp³-hybridized carbons (Fsp3) is 0.235. The zero-order valence-corrected chi connectivity index (χ0v) is 13.8. The lowest BCUT2D eigenvalue weighted by Gasteiger charge is -2.29. The second-order valence-electron chi connectivity index (χ2n) is 5.17. The first kappa shape index (κ1) is 15.6. The van der Waals surface area contributed by atoms with Crippen LogP contribution in [0.5, 0.6) is 0 Å². The molecule has 0 fully saturated rings. The van der Waals surface area contributed by atoms with Gasteiger partial charge >= 0.3 is 0 Å². The van der Waals surface area contributed by atoms with Crippen LogP contribution in [-0.2, 0) is 16.8 Å². The van der Waals surface area contributed by atoms with Gasteiger partial charge in [0.25, 0.3) is 0 Å². The fourth-order valence-electron chi connectivity index (χ4n) is 2.17. The number of amides is 1. The molecule has 0 aromatic heterocycles. The van der Waals surface area contributed by atoms with Gasteiger partial charge in [0.15, 0.2) is 0 Å². The summed E-state index contributed by atoms with van der Waals surface area (Å²) in [4.78, 5) is 12.0. The number of rotatable bonds is 5. The molecule has 1 unspecified atom stereocenters. The second-order valence-corrected chi connectivity index (χ2v) is 6.09. The van der Waals surface area contributed by atoms with Crippen molar-refractivity contribution in [2.45, 2.75) is 25.8 Å². The first-order valence-electron chi connectivity index (χ1n) is 6.89. The van der Waals surface area contributed by atoms with E-state index in [1.165, 1.54) is 5.56 Å². The molecule has 0 radical (unpaired) electrons. The minimum absolute atomic E-state index is 0.408. The molecule has 2 aromatic rings. The van der Waals surface area contributed by atoms with Crippen molar-refractivity contribution in [3.8, 4) is 0 Å². The van der Waals surface area contributed by atoms with Gasteiger partial charge in [0.2, 0.25) is 5.91 Å². The predicted molar refractivity (Wildman–Crippen MR) is 90.1 cm³/mol. The number of halogens is 1. The SMILES string of the molecule is CCc1ccc(C(C)(Nc2ccc(Br)cc2)C(N)=O)cc1. The lowest BCUT2D eigenvalue weighted by Crippen LogP contribution is -2.45. The van der Waals surface area contributed by atoms with Crippen LogP contribution >= 0.6 is 15.9 Å². The standard InChI is InChI=1S/C17H19BrN2O/c1-3-12-4-6-13(7-5-12)17(2,16(19)21)20-15-10-8-14(18)9-11-15/h4-11,20H,3H2,1-2H3,(H2,19,21). The van der Waals surface area contributed by atoms with Gasteiger partial charge in [-0.15, -0.1) is 0 Å². The largest absolute Gasteiger partial charge is 0.368 e. The summed E-state index contributed by atoms with van der Waals surface area (Å²) in [6.07, 6.45) is 0.966. The number of benzene rings is 2. The van der Waals surface area contributed by atoms with Crippen molar-refractivity contribution in [2.24, 2.45) is 5.73 Å². The minimum Gasteiger partial charge on any atom is -0.368 e. The molecule has 0 aliphatic heterocycles. The van der Waals surface area contributed by atoms with Crippen molar-refractivity contribution in [1.29, 1.82) is 0 Å². The number of carbonyl (C=O) groups excluding carboxylic acids is 1. The number of aryl methyl sites for hydroxylation is 1. The summed E-state index contributed by atoms with van der Waals surface area (Å²) in [7, 11) is 0. The minimum atomic E-state index is -0.944. The number of hydrogen-bond donors (Lipinski definition) is 2. The van der Waals surface area contributed by atoms with Crippen molar-refractivity contribution in [3.63, 3.8) is 0 Å². The number of anilines is 1. The highest BCUT2D eigenvalue weighted by Gasteiger charge is 2.33. The Morgan fingerprint density at radius 1 is 1.14 bits per heavy atom. The molecule has 21 heavy (non-hydrogen) atoms. The number of nitrogens with two attached hydrogens (primary N) is 1. The Labute approximate surface area is 133 Å². The van der Waals surface area contributed by atoms with Crippen LogP contribution in [0.25, 0.3) is 0 Å². The zero-order valence-electron chi connectivity index (χ0n) is 12.2. The summed E-state index contributed by atoms with van der Waals surface area (Å²) in [5.74, 6) is -0.408. The van der Waals surface area contributed by atoms with Crippen LogP contribution < -0.4 is 11.1 Å². The molecule has 0 saturated carbocycles. The molecule has 110 valence electrons. The Kier molecular flexibility index (Phi) is 4.68. The predicted octanol–water partition coefficient (Wildman–Crippen LogP) is 3.82. The number of nitrogens with one attached hydrogen (secondary N) is 1. The van der Waals surface area contributed by atoms with E-state index in [4.69, 9.17) is 5.73 Å². The molecule has 3 nitrogen and oxygen atoms in total. The van der Waals surface area contributed by atoms with E-state index >= 15 is 0 Å². The summed E-state index contributed by atoms with van der Waals surface area (Å²) >= 11 is 3.40. The fourth-order valence-corrected chi connectivity index (χ4v) is 2.44. The molecule has 1 atom stereocenters. The summed E-state index contributed by atoms with van der Waals surface area (Å²) < 4.78 is 0.987. The molecule has 0 aliphatic rings. The lowest BCUT2D eigenvalue weighted by atomic mass is 9.90. The number of hydrogen-bond acceptors (Lipinski definition) is 2. The Hall–Kier alpha value is -1.81. The van der Waals surface area contributed by atoms with E-state index in [0.717, 1.165) is 22.1 Å². The molecule has 0 spiro atoms. The molecule has 0 saturated heterocycles. The molecule has 4 heteroatoms. The van der Waals surface area contributed by atoms with Gasteiger partial charge in [0.05, 0.1) is 0 Å². The third kappa shape index (κ3) is 3.45. The highest BCUT2D eigenvalue weighted by molar-refractivity contribution is 9.10. The van der Waals surface area contributed by atoms with Gasteiger partial charge in [0.1, 0.15) is 5.54 Å². The van der Waals surface area contributed by atoms with E-state index < -0.39 is 11.4 Å². The van der Waals surface area contributed by atoms with Crippen LogP contribution in [0.3, 0.4) is 0 Å². The first-order valence-corrected chi connectivity index (χ1v) is 7.68. The van der Waals surface area contributed by atoms with Crippen molar-refractivity contribution < 1.29 is 4.79 Å². The Morgan fingerprint density at radius 2 is 1.71 bits per heavy atom. The maximum Gasteiger partial charge on any atom is 0.247 e. The van der Waals surface area contributed by atoms with Gasteiger partial charge in [0, 0.05) is 10.2 Å². The van der Waals surface area contributed by atoms with Gasteiger partial charge in [-0.1, -0.05) is 47.1 Å². The van der Waals surface area contributed by atoms with Crippen LogP contribution in [-0.4, -0.2) is 5.91 Å². The molecule has 0 heterocycles. The van der Waals surface area contributed by atoms with Crippen molar-refractivity contribution in [2.75, 3.05) is 5.32 Å². The lowest BCUT2D eigenvalue weighted by molar-refractivity contribution is -0.122. The van der Waals surface area contributed by atoms with E-state index in [9.17, 15) is 4.79 Å². The van der Waals surface area contributed by atoms with Crippen LogP contribution in [0, 0.1) is 0 Å². The average molecular weight is 347 g/mol. The molecule has 0 aliphatic carbocycles. The molecule has 2 rings (SSSR count). The Bertz CT molecular complexity index is 622. The van der Waals surface area contributed by atoms with E-state index in [0.29, 0.717) is 0 Å². The van der Waals surface area contributed by atoms with E-state index in [2.05, 4.69) is 28.2 Å².